The standard InChI is InChI=1S/C45H56F3N5O4Si/c1-27(2)58(28(3)4,29(5)6)20-14-34-36(47)11-9-30-21-33(57-26-54-7)22-35(38(30)34)41-40(48)42-39-37(49-41)12-10-32-13-18-55-19-17-53(32)43(39)51-44(50-42)56-25-45-15-8-16-52(45)24-31(46)23-45/h9,11,21-22,27-29,31-32H,8,10,12-13,15-19,23-26H2,1-7H3/t31-,32?,45+/m1/s1. The summed E-state index contributed by atoms with van der Waals surface area (Å²) >= 11 is 0. The summed E-state index contributed by atoms with van der Waals surface area (Å²) in [6.07, 6.45) is 3.31. The number of nitrogens with zero attached hydrogens (tertiary/aromatic N) is 5. The predicted octanol–water partition coefficient (Wildman–Crippen LogP) is 9.17. The molecular weight excluding hydrogens is 760 g/mol. The zero-order chi connectivity index (χ0) is 40.9. The second-order valence-electron chi connectivity index (χ2n) is 17.6. The van der Waals surface area contributed by atoms with E-state index in [0.29, 0.717) is 94.8 Å². The summed E-state index contributed by atoms with van der Waals surface area (Å²) in [6.45, 7) is 16.4. The number of aryl methyl sites for hydroxylation is 1. The maximum absolute atomic E-state index is 17.8. The molecule has 0 saturated carbocycles. The van der Waals surface area contributed by atoms with Crippen LogP contribution in [0, 0.1) is 23.1 Å². The van der Waals surface area contributed by atoms with Crippen molar-refractivity contribution in [2.24, 2.45) is 0 Å². The molecule has 58 heavy (non-hydrogen) atoms. The first-order valence-electron chi connectivity index (χ1n) is 21.0. The number of rotatable bonds is 10. The van der Waals surface area contributed by atoms with Gasteiger partial charge in [0.2, 0.25) is 0 Å². The van der Waals surface area contributed by atoms with Gasteiger partial charge < -0.3 is 23.8 Å². The van der Waals surface area contributed by atoms with Crippen LogP contribution in [0.2, 0.25) is 16.6 Å². The SMILES string of the molecule is COCOc1cc(-c2nc3c4c(nc(OC[C@@]56CCCN5C[C@H](F)C6)nc4c2F)N2CCOCCC2CC3)c2c(C#C[Si](C(C)C)(C(C)C)C(C)C)c(F)ccc2c1. The molecule has 0 bridgehead atoms. The molecule has 0 radical (unpaired) electrons. The van der Waals surface area contributed by atoms with Gasteiger partial charge in [0.05, 0.1) is 28.8 Å². The highest BCUT2D eigenvalue weighted by atomic mass is 28.3. The summed E-state index contributed by atoms with van der Waals surface area (Å²) in [5, 5.41) is 1.63. The average Bonchev–Trinajstić information content (AvgIpc) is 3.54. The van der Waals surface area contributed by atoms with Crippen LogP contribution in [0.4, 0.5) is 19.0 Å². The van der Waals surface area contributed by atoms with E-state index in [0.717, 1.165) is 32.2 Å². The van der Waals surface area contributed by atoms with E-state index in [1.807, 2.05) is 0 Å². The van der Waals surface area contributed by atoms with Crippen LogP contribution in [0.25, 0.3) is 32.9 Å². The van der Waals surface area contributed by atoms with Gasteiger partial charge in [0.25, 0.3) is 0 Å². The van der Waals surface area contributed by atoms with Crippen molar-refractivity contribution in [3.63, 3.8) is 0 Å². The number of anilines is 1. The molecule has 8 rings (SSSR count). The Bertz CT molecular complexity index is 2240. The molecule has 3 atom stereocenters. The molecule has 3 saturated heterocycles. The van der Waals surface area contributed by atoms with Crippen molar-refractivity contribution in [3.05, 3.63) is 47.2 Å². The summed E-state index contributed by atoms with van der Waals surface area (Å²) < 4.78 is 72.5. The number of methoxy groups -OCH3 is 1. The van der Waals surface area contributed by atoms with Gasteiger partial charge in [-0.05, 0) is 78.9 Å². The monoisotopic (exact) mass is 815 g/mol. The molecule has 0 aliphatic carbocycles. The van der Waals surface area contributed by atoms with Crippen LogP contribution in [0.5, 0.6) is 11.8 Å². The average molecular weight is 816 g/mol. The summed E-state index contributed by atoms with van der Waals surface area (Å²) in [5.74, 6) is 3.19. The molecule has 13 heteroatoms. The number of alkyl halides is 1. The summed E-state index contributed by atoms with van der Waals surface area (Å²) in [7, 11) is -0.764. The predicted molar refractivity (Wildman–Crippen MR) is 224 cm³/mol. The largest absolute Gasteiger partial charge is 0.468 e. The fourth-order valence-corrected chi connectivity index (χ4v) is 15.9. The van der Waals surface area contributed by atoms with Gasteiger partial charge in [-0.2, -0.15) is 9.97 Å². The summed E-state index contributed by atoms with van der Waals surface area (Å²) in [4.78, 5) is 19.3. The van der Waals surface area contributed by atoms with Gasteiger partial charge in [0.15, 0.2) is 12.6 Å². The third-order valence-corrected chi connectivity index (χ3v) is 19.7. The highest BCUT2D eigenvalue weighted by molar-refractivity contribution is 6.90. The van der Waals surface area contributed by atoms with Crippen LogP contribution < -0.4 is 14.4 Å². The fourth-order valence-electron chi connectivity index (χ4n) is 10.7. The molecule has 2 aromatic heterocycles. The normalized spacial score (nSPS) is 22.3. The van der Waals surface area contributed by atoms with Crippen molar-refractivity contribution in [1.82, 2.24) is 19.9 Å². The topological polar surface area (TPSA) is 82.1 Å². The zero-order valence-corrected chi connectivity index (χ0v) is 35.9. The van der Waals surface area contributed by atoms with Crippen molar-refractivity contribution < 1.29 is 32.1 Å². The Hall–Kier alpha value is -3.96. The Morgan fingerprint density at radius 2 is 1.76 bits per heavy atom. The van der Waals surface area contributed by atoms with Gasteiger partial charge in [0, 0.05) is 50.2 Å². The fraction of sp³-hybridized carbons (Fsp3) is 0.578. The van der Waals surface area contributed by atoms with E-state index in [2.05, 4.69) is 62.8 Å². The van der Waals surface area contributed by atoms with Gasteiger partial charge in [-0.25, -0.2) is 18.2 Å². The van der Waals surface area contributed by atoms with Gasteiger partial charge in [-0.3, -0.25) is 4.90 Å². The molecule has 0 N–H and O–H groups in total. The summed E-state index contributed by atoms with van der Waals surface area (Å²) in [6, 6.07) is 6.73. The maximum atomic E-state index is 17.8. The number of halogens is 3. The molecule has 2 aromatic carbocycles. The van der Waals surface area contributed by atoms with Gasteiger partial charge >= 0.3 is 6.01 Å². The molecule has 1 unspecified atom stereocenters. The van der Waals surface area contributed by atoms with Gasteiger partial charge in [-0.15, -0.1) is 5.54 Å². The molecule has 4 aromatic rings. The Morgan fingerprint density at radius 3 is 2.52 bits per heavy atom. The van der Waals surface area contributed by atoms with E-state index in [-0.39, 0.29) is 42.2 Å². The minimum absolute atomic E-state index is 0.0248. The molecule has 6 heterocycles. The lowest BCUT2D eigenvalue weighted by molar-refractivity contribution is 0.0512. The van der Waals surface area contributed by atoms with Crippen molar-refractivity contribution in [1.29, 1.82) is 0 Å². The van der Waals surface area contributed by atoms with Crippen molar-refractivity contribution in [2.45, 2.75) is 114 Å². The van der Waals surface area contributed by atoms with Crippen LogP contribution in [-0.2, 0) is 15.9 Å². The lowest BCUT2D eigenvalue weighted by atomic mass is 9.95. The third-order valence-electron chi connectivity index (χ3n) is 13.5. The Kier molecular flexibility index (Phi) is 11.4. The van der Waals surface area contributed by atoms with Crippen molar-refractivity contribution >= 4 is 35.6 Å². The lowest BCUT2D eigenvalue weighted by Gasteiger charge is -2.38. The number of benzene rings is 2. The van der Waals surface area contributed by atoms with Crippen LogP contribution in [-0.4, -0.2) is 99.0 Å². The van der Waals surface area contributed by atoms with Gasteiger partial charge in [0.1, 0.15) is 49.4 Å². The first kappa shape index (κ1) is 40.8. The van der Waals surface area contributed by atoms with Crippen molar-refractivity contribution in [3.8, 4) is 34.5 Å². The first-order valence-corrected chi connectivity index (χ1v) is 23.3. The minimum Gasteiger partial charge on any atom is -0.468 e. The van der Waals surface area contributed by atoms with Crippen LogP contribution >= 0.6 is 0 Å². The molecule has 0 spiro atoms. The van der Waals surface area contributed by atoms with E-state index in [4.69, 9.17) is 33.9 Å². The van der Waals surface area contributed by atoms with Gasteiger partial charge in [-0.1, -0.05) is 53.5 Å². The van der Waals surface area contributed by atoms with Crippen LogP contribution in [0.3, 0.4) is 0 Å². The number of ether oxygens (including phenoxy) is 4. The Morgan fingerprint density at radius 1 is 0.966 bits per heavy atom. The smallest absolute Gasteiger partial charge is 0.319 e. The quantitative estimate of drug-likeness (QED) is 0.0885. The highest BCUT2D eigenvalue weighted by Crippen LogP contribution is 2.45. The van der Waals surface area contributed by atoms with Crippen LogP contribution in [0.1, 0.15) is 84.9 Å². The van der Waals surface area contributed by atoms with E-state index < -0.39 is 31.4 Å². The number of pyridine rings is 1. The Labute approximate surface area is 341 Å². The summed E-state index contributed by atoms with van der Waals surface area (Å²) in [5.41, 5.74) is 5.55. The molecule has 4 aliphatic heterocycles. The minimum atomic E-state index is -2.29. The number of fused-ring (bicyclic) bond motifs is 4. The molecule has 4 aliphatic rings. The number of hydrogen-bond acceptors (Lipinski definition) is 9. The molecule has 3 fully saturated rings. The lowest BCUT2D eigenvalue weighted by Crippen LogP contribution is -2.43. The van der Waals surface area contributed by atoms with E-state index in [9.17, 15) is 4.39 Å². The highest BCUT2D eigenvalue weighted by Gasteiger charge is 2.49. The van der Waals surface area contributed by atoms with E-state index >= 15 is 8.78 Å². The Balaban J connectivity index is 1.36. The number of aromatic nitrogens is 3. The third kappa shape index (κ3) is 7.11. The first-order chi connectivity index (χ1) is 27.9. The molecule has 0 amide bonds. The van der Waals surface area contributed by atoms with Crippen LogP contribution in [0.15, 0.2) is 24.3 Å². The number of hydrogen-bond donors (Lipinski definition) is 0. The second-order valence-corrected chi connectivity index (χ2v) is 23.2. The maximum Gasteiger partial charge on any atom is 0.319 e. The van der Waals surface area contributed by atoms with E-state index in [1.54, 1.807) is 18.2 Å². The van der Waals surface area contributed by atoms with E-state index in [1.165, 1.54) is 13.2 Å². The molecule has 310 valence electrons. The molecular formula is C45H56F3N5O4Si. The molecule has 9 nitrogen and oxygen atoms in total. The zero-order valence-electron chi connectivity index (χ0n) is 34.9. The second kappa shape index (κ2) is 16.2. The van der Waals surface area contributed by atoms with Crippen molar-refractivity contribution in [2.75, 3.05) is 58.3 Å².